The van der Waals surface area contributed by atoms with Gasteiger partial charge < -0.3 is 15.0 Å². The first kappa shape index (κ1) is 19.0. The van der Waals surface area contributed by atoms with Crippen LogP contribution in [-0.2, 0) is 4.79 Å². The van der Waals surface area contributed by atoms with Gasteiger partial charge in [0, 0.05) is 24.7 Å². The number of hydrogen-bond acceptors (Lipinski definition) is 3. The molecular weight excluding hydrogens is 340 g/mol. The molecule has 1 fully saturated rings. The second kappa shape index (κ2) is 8.71. The third-order valence-electron chi connectivity index (χ3n) is 4.90. The number of likely N-dealkylation sites (tertiary alicyclic amines) is 1. The van der Waals surface area contributed by atoms with Crippen molar-refractivity contribution in [1.29, 1.82) is 0 Å². The van der Waals surface area contributed by atoms with Crippen LogP contribution >= 0.6 is 0 Å². The minimum atomic E-state index is -0.0569. The normalized spacial score (nSPS) is 14.7. The number of benzene rings is 2. The number of ether oxygens (including phenoxy) is 1. The van der Waals surface area contributed by atoms with E-state index in [1.807, 2.05) is 55.1 Å². The summed E-state index contributed by atoms with van der Waals surface area (Å²) in [5, 5.41) is 3.06. The Bertz CT molecular complexity index is 796. The summed E-state index contributed by atoms with van der Waals surface area (Å²) in [5.41, 5.74) is 2.87. The second-order valence-electron chi connectivity index (χ2n) is 7.05. The standard InChI is InChI=1S/C22H26N2O3/c1-16-8-9-20(17(2)14-16)27-15-21(25)24-12-10-19(11-13-24)23-22(26)18-6-4-3-5-7-18/h3-9,14,19H,10-13,15H2,1-2H3,(H,23,26). The van der Waals surface area contributed by atoms with Gasteiger partial charge in [-0.25, -0.2) is 0 Å². The van der Waals surface area contributed by atoms with Crippen LogP contribution in [0, 0.1) is 13.8 Å². The zero-order chi connectivity index (χ0) is 19.2. The lowest BCUT2D eigenvalue weighted by Crippen LogP contribution is -2.47. The summed E-state index contributed by atoms with van der Waals surface area (Å²) < 4.78 is 5.70. The summed E-state index contributed by atoms with van der Waals surface area (Å²) in [6.07, 6.45) is 1.52. The van der Waals surface area contributed by atoms with Crippen LogP contribution in [0.4, 0.5) is 0 Å². The Labute approximate surface area is 160 Å². The molecule has 0 bridgehead atoms. The van der Waals surface area contributed by atoms with Gasteiger partial charge in [0.2, 0.25) is 0 Å². The molecule has 1 saturated heterocycles. The molecule has 1 N–H and O–H groups in total. The molecule has 0 radical (unpaired) electrons. The predicted octanol–water partition coefficient (Wildman–Crippen LogP) is 3.10. The van der Waals surface area contributed by atoms with Crippen LogP contribution in [0.5, 0.6) is 5.75 Å². The maximum atomic E-state index is 12.4. The molecule has 1 heterocycles. The summed E-state index contributed by atoms with van der Waals surface area (Å²) in [5.74, 6) is 0.681. The van der Waals surface area contributed by atoms with E-state index in [1.54, 1.807) is 12.1 Å². The Morgan fingerprint density at radius 2 is 1.78 bits per heavy atom. The van der Waals surface area contributed by atoms with Crippen molar-refractivity contribution in [2.45, 2.75) is 32.7 Å². The summed E-state index contributed by atoms with van der Waals surface area (Å²) >= 11 is 0. The first-order chi connectivity index (χ1) is 13.0. The van der Waals surface area contributed by atoms with Gasteiger partial charge in [-0.05, 0) is 50.5 Å². The Morgan fingerprint density at radius 3 is 2.44 bits per heavy atom. The van der Waals surface area contributed by atoms with Crippen LogP contribution in [0.2, 0.25) is 0 Å². The van der Waals surface area contributed by atoms with Gasteiger partial charge in [-0.2, -0.15) is 0 Å². The minimum Gasteiger partial charge on any atom is -0.484 e. The SMILES string of the molecule is Cc1ccc(OCC(=O)N2CCC(NC(=O)c3ccccc3)CC2)c(C)c1. The van der Waals surface area contributed by atoms with E-state index >= 15 is 0 Å². The smallest absolute Gasteiger partial charge is 0.260 e. The van der Waals surface area contributed by atoms with Gasteiger partial charge in [-0.1, -0.05) is 35.9 Å². The Morgan fingerprint density at radius 1 is 1.07 bits per heavy atom. The van der Waals surface area contributed by atoms with Crippen molar-refractivity contribution in [1.82, 2.24) is 10.2 Å². The van der Waals surface area contributed by atoms with Gasteiger partial charge in [0.05, 0.1) is 0 Å². The van der Waals surface area contributed by atoms with Crippen LogP contribution in [0.1, 0.15) is 34.3 Å². The van der Waals surface area contributed by atoms with Crippen LogP contribution in [0.3, 0.4) is 0 Å². The Hall–Kier alpha value is -2.82. The number of amides is 2. The van der Waals surface area contributed by atoms with E-state index < -0.39 is 0 Å². The van der Waals surface area contributed by atoms with E-state index in [1.165, 1.54) is 5.56 Å². The molecule has 5 heteroatoms. The monoisotopic (exact) mass is 366 g/mol. The van der Waals surface area contributed by atoms with E-state index in [0.717, 1.165) is 24.2 Å². The Balaban J connectivity index is 1.44. The molecule has 0 aromatic heterocycles. The number of nitrogens with one attached hydrogen (secondary N) is 1. The summed E-state index contributed by atoms with van der Waals surface area (Å²) in [6.45, 7) is 5.32. The van der Waals surface area contributed by atoms with Crippen molar-refractivity contribution in [3.8, 4) is 5.75 Å². The molecule has 3 rings (SSSR count). The average molecular weight is 366 g/mol. The number of nitrogens with zero attached hydrogens (tertiary/aromatic N) is 1. The fraction of sp³-hybridized carbons (Fsp3) is 0.364. The molecule has 27 heavy (non-hydrogen) atoms. The van der Waals surface area contributed by atoms with Crippen molar-refractivity contribution in [3.05, 3.63) is 65.2 Å². The zero-order valence-corrected chi connectivity index (χ0v) is 15.9. The molecule has 0 saturated carbocycles. The summed E-state index contributed by atoms with van der Waals surface area (Å²) in [4.78, 5) is 26.5. The van der Waals surface area contributed by atoms with Gasteiger partial charge in [0.15, 0.2) is 6.61 Å². The maximum Gasteiger partial charge on any atom is 0.260 e. The van der Waals surface area contributed by atoms with Crippen LogP contribution < -0.4 is 10.1 Å². The first-order valence-corrected chi connectivity index (χ1v) is 9.36. The number of hydrogen-bond donors (Lipinski definition) is 1. The second-order valence-corrected chi connectivity index (χ2v) is 7.05. The third kappa shape index (κ3) is 5.09. The number of carbonyl (C=O) groups excluding carboxylic acids is 2. The zero-order valence-electron chi connectivity index (χ0n) is 15.9. The molecule has 142 valence electrons. The van der Waals surface area contributed by atoms with E-state index in [0.29, 0.717) is 18.7 Å². The molecule has 0 atom stereocenters. The summed E-state index contributed by atoms with van der Waals surface area (Å²) in [6, 6.07) is 15.2. The van der Waals surface area contributed by atoms with Crippen molar-refractivity contribution in [3.63, 3.8) is 0 Å². The minimum absolute atomic E-state index is 0.0113. The van der Waals surface area contributed by atoms with Crippen molar-refractivity contribution in [2.75, 3.05) is 19.7 Å². The number of aryl methyl sites for hydroxylation is 2. The van der Waals surface area contributed by atoms with E-state index in [2.05, 4.69) is 5.32 Å². The van der Waals surface area contributed by atoms with E-state index in [-0.39, 0.29) is 24.5 Å². The Kier molecular flexibility index (Phi) is 6.12. The molecule has 0 spiro atoms. The van der Waals surface area contributed by atoms with Crippen molar-refractivity contribution >= 4 is 11.8 Å². The third-order valence-corrected chi connectivity index (χ3v) is 4.90. The fourth-order valence-corrected chi connectivity index (χ4v) is 3.32. The lowest BCUT2D eigenvalue weighted by Gasteiger charge is -2.32. The molecule has 1 aliphatic rings. The molecule has 2 aromatic carbocycles. The van der Waals surface area contributed by atoms with Crippen molar-refractivity contribution < 1.29 is 14.3 Å². The maximum absolute atomic E-state index is 12.4. The van der Waals surface area contributed by atoms with Gasteiger partial charge >= 0.3 is 0 Å². The van der Waals surface area contributed by atoms with Gasteiger partial charge in [-0.3, -0.25) is 9.59 Å². The molecule has 2 amide bonds. The van der Waals surface area contributed by atoms with E-state index in [9.17, 15) is 9.59 Å². The van der Waals surface area contributed by atoms with Crippen LogP contribution in [0.25, 0.3) is 0 Å². The van der Waals surface area contributed by atoms with Gasteiger partial charge in [-0.15, -0.1) is 0 Å². The molecule has 1 aliphatic heterocycles. The predicted molar refractivity (Wildman–Crippen MR) is 105 cm³/mol. The molecule has 0 unspecified atom stereocenters. The highest BCUT2D eigenvalue weighted by Crippen LogP contribution is 2.19. The molecule has 5 nitrogen and oxygen atoms in total. The number of rotatable bonds is 5. The highest BCUT2D eigenvalue weighted by Gasteiger charge is 2.24. The molecular formula is C22H26N2O3. The summed E-state index contributed by atoms with van der Waals surface area (Å²) in [7, 11) is 0. The van der Waals surface area contributed by atoms with Crippen LogP contribution in [0.15, 0.2) is 48.5 Å². The van der Waals surface area contributed by atoms with Gasteiger partial charge in [0.1, 0.15) is 5.75 Å². The average Bonchev–Trinajstić information content (AvgIpc) is 2.68. The quantitative estimate of drug-likeness (QED) is 0.885. The first-order valence-electron chi connectivity index (χ1n) is 9.36. The largest absolute Gasteiger partial charge is 0.484 e. The fourth-order valence-electron chi connectivity index (χ4n) is 3.32. The lowest BCUT2D eigenvalue weighted by molar-refractivity contribution is -0.134. The topological polar surface area (TPSA) is 58.6 Å². The number of carbonyl (C=O) groups is 2. The van der Waals surface area contributed by atoms with Crippen LogP contribution in [-0.4, -0.2) is 42.5 Å². The van der Waals surface area contributed by atoms with Crippen molar-refractivity contribution in [2.24, 2.45) is 0 Å². The highest BCUT2D eigenvalue weighted by atomic mass is 16.5. The molecule has 2 aromatic rings. The lowest BCUT2D eigenvalue weighted by atomic mass is 10.0. The molecule has 0 aliphatic carbocycles. The number of piperidine rings is 1. The highest BCUT2D eigenvalue weighted by molar-refractivity contribution is 5.94. The van der Waals surface area contributed by atoms with Gasteiger partial charge in [0.25, 0.3) is 11.8 Å². The van der Waals surface area contributed by atoms with E-state index in [4.69, 9.17) is 4.74 Å².